The van der Waals surface area contributed by atoms with Crippen molar-refractivity contribution in [2.75, 3.05) is 0 Å². The van der Waals surface area contributed by atoms with Crippen molar-refractivity contribution in [3.05, 3.63) is 64.7 Å². The van der Waals surface area contributed by atoms with Gasteiger partial charge in [-0.15, -0.1) is 0 Å². The third-order valence-corrected chi connectivity index (χ3v) is 2.74. The Balaban J connectivity index is 2.02. The minimum absolute atomic E-state index is 0.323. The lowest BCUT2D eigenvalue weighted by atomic mass is 10.0. The van der Waals surface area contributed by atoms with Gasteiger partial charge in [0.05, 0.1) is 0 Å². The highest BCUT2D eigenvalue weighted by Crippen LogP contribution is 2.15. The average Bonchev–Trinajstić information content (AvgIpc) is 2.27. The van der Waals surface area contributed by atoms with E-state index < -0.39 is 0 Å². The van der Waals surface area contributed by atoms with E-state index in [1.807, 2.05) is 30.3 Å². The number of phenolic OH excluding ortho intramolecular Hbond substituents is 1. The Morgan fingerprint density at radius 2 is 1.50 bits per heavy atom. The number of aryl methyl sites for hydroxylation is 2. The topological polar surface area (TPSA) is 20.2 Å². The van der Waals surface area contributed by atoms with Gasteiger partial charge in [0.1, 0.15) is 5.75 Å². The molecule has 0 aliphatic rings. The van der Waals surface area contributed by atoms with Crippen molar-refractivity contribution >= 4 is 11.6 Å². The van der Waals surface area contributed by atoms with Crippen LogP contribution in [0.15, 0.2) is 48.5 Å². The van der Waals surface area contributed by atoms with Crippen molar-refractivity contribution in [2.24, 2.45) is 0 Å². The van der Waals surface area contributed by atoms with Gasteiger partial charge in [0.2, 0.25) is 0 Å². The minimum atomic E-state index is 0.323. The number of aromatic hydroxyl groups is 1. The first kappa shape index (κ1) is 11.0. The van der Waals surface area contributed by atoms with Crippen molar-refractivity contribution in [1.82, 2.24) is 0 Å². The predicted molar refractivity (Wildman–Crippen MR) is 67.0 cm³/mol. The number of halogens is 1. The van der Waals surface area contributed by atoms with Gasteiger partial charge in [-0.2, -0.15) is 0 Å². The Morgan fingerprint density at radius 3 is 2.12 bits per heavy atom. The largest absolute Gasteiger partial charge is 0.508 e. The van der Waals surface area contributed by atoms with E-state index >= 15 is 0 Å². The fraction of sp³-hybridized carbons (Fsp3) is 0.143. The van der Waals surface area contributed by atoms with Crippen LogP contribution >= 0.6 is 11.6 Å². The summed E-state index contributed by atoms with van der Waals surface area (Å²) in [6.45, 7) is 0. The minimum Gasteiger partial charge on any atom is -0.508 e. The summed E-state index contributed by atoms with van der Waals surface area (Å²) in [4.78, 5) is 0. The fourth-order valence-electron chi connectivity index (χ4n) is 1.69. The van der Waals surface area contributed by atoms with Crippen molar-refractivity contribution in [3.63, 3.8) is 0 Å². The Kier molecular flexibility index (Phi) is 3.47. The van der Waals surface area contributed by atoms with Crippen molar-refractivity contribution < 1.29 is 5.11 Å². The van der Waals surface area contributed by atoms with Crippen molar-refractivity contribution in [2.45, 2.75) is 12.8 Å². The van der Waals surface area contributed by atoms with Crippen LogP contribution in [0.2, 0.25) is 5.02 Å². The van der Waals surface area contributed by atoms with Gasteiger partial charge in [-0.3, -0.25) is 0 Å². The number of benzene rings is 2. The summed E-state index contributed by atoms with van der Waals surface area (Å²) in [7, 11) is 0. The zero-order valence-electron chi connectivity index (χ0n) is 8.86. The molecule has 0 unspecified atom stereocenters. The Hall–Kier alpha value is -1.47. The number of hydrogen-bond donors (Lipinski definition) is 1. The van der Waals surface area contributed by atoms with Crippen LogP contribution in [-0.4, -0.2) is 5.11 Å². The monoisotopic (exact) mass is 232 g/mol. The molecule has 1 N–H and O–H groups in total. The molecule has 0 saturated carbocycles. The molecule has 0 saturated heterocycles. The summed E-state index contributed by atoms with van der Waals surface area (Å²) in [5.41, 5.74) is 2.36. The summed E-state index contributed by atoms with van der Waals surface area (Å²) in [5, 5.41) is 10.1. The molecule has 16 heavy (non-hydrogen) atoms. The molecule has 2 aromatic rings. The van der Waals surface area contributed by atoms with E-state index in [1.165, 1.54) is 5.56 Å². The van der Waals surface area contributed by atoms with Gasteiger partial charge in [-0.05, 0) is 48.2 Å². The molecule has 0 atom stereocenters. The zero-order valence-corrected chi connectivity index (χ0v) is 9.61. The van der Waals surface area contributed by atoms with Crippen LogP contribution in [-0.2, 0) is 12.8 Å². The zero-order chi connectivity index (χ0) is 11.4. The van der Waals surface area contributed by atoms with E-state index in [9.17, 15) is 5.11 Å². The molecule has 0 radical (unpaired) electrons. The number of phenols is 1. The standard InChI is InChI=1S/C14H13ClO/c15-13-5-1-3-11(9-13)7-8-12-4-2-6-14(16)10-12/h1-6,9-10,16H,7-8H2. The van der Waals surface area contributed by atoms with Gasteiger partial charge in [-0.25, -0.2) is 0 Å². The molecule has 0 aliphatic carbocycles. The fourth-order valence-corrected chi connectivity index (χ4v) is 1.91. The molecular weight excluding hydrogens is 220 g/mol. The SMILES string of the molecule is Oc1cccc(CCc2cccc(Cl)c2)c1. The van der Waals surface area contributed by atoms with Crippen molar-refractivity contribution in [1.29, 1.82) is 0 Å². The van der Waals surface area contributed by atoms with E-state index in [1.54, 1.807) is 12.1 Å². The molecule has 82 valence electrons. The first-order valence-corrected chi connectivity index (χ1v) is 5.64. The summed E-state index contributed by atoms with van der Waals surface area (Å²) >= 11 is 5.91. The lowest BCUT2D eigenvalue weighted by Gasteiger charge is -2.03. The van der Waals surface area contributed by atoms with E-state index in [-0.39, 0.29) is 0 Å². The molecule has 2 heteroatoms. The van der Waals surface area contributed by atoms with Gasteiger partial charge < -0.3 is 5.11 Å². The highest BCUT2D eigenvalue weighted by Gasteiger charge is 1.97. The van der Waals surface area contributed by atoms with E-state index in [4.69, 9.17) is 11.6 Å². The highest BCUT2D eigenvalue weighted by molar-refractivity contribution is 6.30. The lowest BCUT2D eigenvalue weighted by Crippen LogP contribution is -1.90. The van der Waals surface area contributed by atoms with Crippen LogP contribution in [0.25, 0.3) is 0 Å². The van der Waals surface area contributed by atoms with E-state index in [0.717, 1.165) is 23.4 Å². The highest BCUT2D eigenvalue weighted by atomic mass is 35.5. The first-order chi connectivity index (χ1) is 7.74. The molecule has 0 spiro atoms. The number of rotatable bonds is 3. The van der Waals surface area contributed by atoms with Crippen LogP contribution in [0, 0.1) is 0 Å². The second kappa shape index (κ2) is 5.04. The van der Waals surface area contributed by atoms with E-state index in [0.29, 0.717) is 5.75 Å². The summed E-state index contributed by atoms with van der Waals surface area (Å²) in [6.07, 6.45) is 1.85. The smallest absolute Gasteiger partial charge is 0.115 e. The van der Waals surface area contributed by atoms with Crippen LogP contribution < -0.4 is 0 Å². The molecule has 2 rings (SSSR count). The molecule has 0 heterocycles. The van der Waals surface area contributed by atoms with Gasteiger partial charge in [0.15, 0.2) is 0 Å². The van der Waals surface area contributed by atoms with Gasteiger partial charge in [-0.1, -0.05) is 35.9 Å². The summed E-state index contributed by atoms with van der Waals surface area (Å²) in [6, 6.07) is 15.2. The quantitative estimate of drug-likeness (QED) is 0.853. The maximum Gasteiger partial charge on any atom is 0.115 e. The third kappa shape index (κ3) is 3.01. The second-order valence-electron chi connectivity index (χ2n) is 3.80. The molecule has 2 aromatic carbocycles. The molecule has 0 amide bonds. The molecule has 1 nitrogen and oxygen atoms in total. The first-order valence-electron chi connectivity index (χ1n) is 5.26. The molecule has 0 fully saturated rings. The third-order valence-electron chi connectivity index (χ3n) is 2.50. The van der Waals surface area contributed by atoms with Gasteiger partial charge in [0.25, 0.3) is 0 Å². The van der Waals surface area contributed by atoms with E-state index in [2.05, 4.69) is 6.07 Å². The Bertz CT molecular complexity index is 434. The maximum atomic E-state index is 9.33. The maximum absolute atomic E-state index is 9.33. The van der Waals surface area contributed by atoms with Gasteiger partial charge in [0, 0.05) is 5.02 Å². The lowest BCUT2D eigenvalue weighted by molar-refractivity contribution is 0.474. The molecule has 0 aliphatic heterocycles. The normalized spacial score (nSPS) is 10.3. The second-order valence-corrected chi connectivity index (χ2v) is 4.24. The summed E-state index contributed by atoms with van der Waals surface area (Å²) < 4.78 is 0. The Labute approximate surface area is 100 Å². The van der Waals surface area contributed by atoms with Crippen LogP contribution in [0.1, 0.15) is 11.1 Å². The molecule has 0 aromatic heterocycles. The Morgan fingerprint density at radius 1 is 0.875 bits per heavy atom. The number of hydrogen-bond acceptors (Lipinski definition) is 1. The molecular formula is C14H13ClO. The average molecular weight is 233 g/mol. The van der Waals surface area contributed by atoms with Crippen LogP contribution in [0.5, 0.6) is 5.75 Å². The van der Waals surface area contributed by atoms with Gasteiger partial charge >= 0.3 is 0 Å². The summed E-state index contributed by atoms with van der Waals surface area (Å²) in [5.74, 6) is 0.323. The predicted octanol–water partition coefficient (Wildman–Crippen LogP) is 3.83. The molecule has 0 bridgehead atoms. The van der Waals surface area contributed by atoms with Crippen LogP contribution in [0.3, 0.4) is 0 Å². The van der Waals surface area contributed by atoms with Crippen LogP contribution in [0.4, 0.5) is 0 Å². The van der Waals surface area contributed by atoms with Crippen molar-refractivity contribution in [3.8, 4) is 5.75 Å².